The molecule has 0 aliphatic rings. The van der Waals surface area contributed by atoms with E-state index < -0.39 is 6.04 Å². The van der Waals surface area contributed by atoms with Crippen LogP contribution in [0, 0.1) is 5.92 Å². The van der Waals surface area contributed by atoms with E-state index in [9.17, 15) is 4.79 Å². The fourth-order valence-corrected chi connectivity index (χ4v) is 1.65. The van der Waals surface area contributed by atoms with Crippen molar-refractivity contribution in [1.82, 2.24) is 5.32 Å². The molecule has 1 heterocycles. The maximum atomic E-state index is 11.4. The predicted octanol–water partition coefficient (Wildman–Crippen LogP) is 1.35. The average molecular weight is 212 g/mol. The van der Waals surface area contributed by atoms with Crippen molar-refractivity contribution in [3.05, 3.63) is 22.4 Å². The second kappa shape index (κ2) is 5.12. The molecule has 0 unspecified atom stereocenters. The highest BCUT2D eigenvalue weighted by atomic mass is 32.1. The van der Waals surface area contributed by atoms with Crippen molar-refractivity contribution in [3.63, 3.8) is 0 Å². The summed E-state index contributed by atoms with van der Waals surface area (Å²) in [5.41, 5.74) is 5.69. The minimum Gasteiger partial charge on any atom is -0.350 e. The standard InChI is InChI=1S/C10H16N2OS/c1-7(2)9(11)10(13)12-6-8-4-3-5-14-8/h3-5,7,9H,6,11H2,1-2H3,(H,12,13)/t9-/m0/s1. The molecule has 1 amide bonds. The summed E-state index contributed by atoms with van der Waals surface area (Å²) in [6.07, 6.45) is 0. The van der Waals surface area contributed by atoms with E-state index in [4.69, 9.17) is 5.73 Å². The van der Waals surface area contributed by atoms with Crippen molar-refractivity contribution in [2.75, 3.05) is 0 Å². The summed E-state index contributed by atoms with van der Waals surface area (Å²) in [6.45, 7) is 4.46. The first-order chi connectivity index (χ1) is 6.61. The molecule has 1 rings (SSSR count). The van der Waals surface area contributed by atoms with Gasteiger partial charge in [0, 0.05) is 4.88 Å². The molecule has 0 bridgehead atoms. The lowest BCUT2D eigenvalue weighted by Gasteiger charge is -2.14. The molecule has 1 aromatic rings. The van der Waals surface area contributed by atoms with E-state index in [1.165, 1.54) is 0 Å². The highest BCUT2D eigenvalue weighted by Crippen LogP contribution is 2.07. The topological polar surface area (TPSA) is 55.1 Å². The van der Waals surface area contributed by atoms with Gasteiger partial charge < -0.3 is 11.1 Å². The van der Waals surface area contributed by atoms with E-state index >= 15 is 0 Å². The van der Waals surface area contributed by atoms with E-state index in [1.807, 2.05) is 31.4 Å². The maximum Gasteiger partial charge on any atom is 0.237 e. The number of nitrogens with one attached hydrogen (secondary N) is 1. The minimum atomic E-state index is -0.407. The average Bonchev–Trinajstić information content (AvgIpc) is 2.65. The van der Waals surface area contributed by atoms with Crippen molar-refractivity contribution >= 4 is 17.2 Å². The zero-order valence-corrected chi connectivity index (χ0v) is 9.30. The molecule has 78 valence electrons. The van der Waals surface area contributed by atoms with Crippen molar-refractivity contribution in [2.24, 2.45) is 11.7 Å². The molecule has 0 fully saturated rings. The smallest absolute Gasteiger partial charge is 0.237 e. The van der Waals surface area contributed by atoms with Gasteiger partial charge in [-0.05, 0) is 17.4 Å². The number of carbonyl (C=O) groups excluding carboxylic acids is 1. The fraction of sp³-hybridized carbons (Fsp3) is 0.500. The van der Waals surface area contributed by atoms with Crippen molar-refractivity contribution < 1.29 is 4.79 Å². The lowest BCUT2D eigenvalue weighted by molar-refractivity contribution is -0.123. The number of amides is 1. The zero-order valence-electron chi connectivity index (χ0n) is 8.49. The van der Waals surface area contributed by atoms with Crippen LogP contribution >= 0.6 is 11.3 Å². The second-order valence-corrected chi connectivity index (χ2v) is 4.60. The van der Waals surface area contributed by atoms with Crippen molar-refractivity contribution in [1.29, 1.82) is 0 Å². The number of thiophene rings is 1. The first kappa shape index (κ1) is 11.2. The van der Waals surface area contributed by atoms with Crippen molar-refractivity contribution in [3.8, 4) is 0 Å². The third kappa shape index (κ3) is 3.12. The van der Waals surface area contributed by atoms with Gasteiger partial charge in [0.05, 0.1) is 12.6 Å². The Hall–Kier alpha value is -0.870. The Kier molecular flexibility index (Phi) is 4.10. The third-order valence-electron chi connectivity index (χ3n) is 2.04. The van der Waals surface area contributed by atoms with Gasteiger partial charge in [-0.1, -0.05) is 19.9 Å². The Morgan fingerprint density at radius 3 is 2.86 bits per heavy atom. The number of nitrogens with two attached hydrogens (primary N) is 1. The van der Waals surface area contributed by atoms with Gasteiger partial charge in [-0.3, -0.25) is 4.79 Å². The first-order valence-electron chi connectivity index (χ1n) is 4.67. The van der Waals surface area contributed by atoms with Crippen LogP contribution in [0.5, 0.6) is 0 Å². The molecule has 3 N–H and O–H groups in total. The number of hydrogen-bond donors (Lipinski definition) is 2. The van der Waals surface area contributed by atoms with Crippen LogP contribution in [0.2, 0.25) is 0 Å². The monoisotopic (exact) mass is 212 g/mol. The van der Waals surface area contributed by atoms with E-state index in [0.717, 1.165) is 4.88 Å². The Balaban J connectivity index is 2.35. The van der Waals surface area contributed by atoms with Gasteiger partial charge in [0.1, 0.15) is 0 Å². The van der Waals surface area contributed by atoms with E-state index in [1.54, 1.807) is 11.3 Å². The van der Waals surface area contributed by atoms with Crippen LogP contribution in [0.4, 0.5) is 0 Å². The molecular weight excluding hydrogens is 196 g/mol. The molecule has 4 heteroatoms. The SMILES string of the molecule is CC(C)[C@H](N)C(=O)NCc1cccs1. The Morgan fingerprint density at radius 1 is 1.64 bits per heavy atom. The molecule has 0 spiro atoms. The number of hydrogen-bond acceptors (Lipinski definition) is 3. The van der Waals surface area contributed by atoms with Crippen LogP contribution in [-0.2, 0) is 11.3 Å². The Labute approximate surface area is 88.3 Å². The van der Waals surface area contributed by atoms with Crippen LogP contribution in [0.1, 0.15) is 18.7 Å². The molecule has 0 aliphatic carbocycles. The highest BCUT2D eigenvalue weighted by Gasteiger charge is 2.16. The molecule has 14 heavy (non-hydrogen) atoms. The van der Waals surface area contributed by atoms with Crippen LogP contribution in [0.3, 0.4) is 0 Å². The summed E-state index contributed by atoms with van der Waals surface area (Å²) in [6, 6.07) is 3.55. The molecule has 1 aromatic heterocycles. The van der Waals surface area contributed by atoms with Crippen LogP contribution in [-0.4, -0.2) is 11.9 Å². The lowest BCUT2D eigenvalue weighted by atomic mass is 10.1. The van der Waals surface area contributed by atoms with E-state index in [2.05, 4.69) is 5.32 Å². The molecular formula is C10H16N2OS. The molecule has 3 nitrogen and oxygen atoms in total. The summed E-state index contributed by atoms with van der Waals surface area (Å²) in [5, 5.41) is 4.80. The molecule has 0 aromatic carbocycles. The van der Waals surface area contributed by atoms with E-state index in [-0.39, 0.29) is 11.8 Å². The molecule has 0 radical (unpaired) electrons. The van der Waals surface area contributed by atoms with Gasteiger partial charge in [-0.25, -0.2) is 0 Å². The minimum absolute atomic E-state index is 0.0756. The Bertz CT molecular complexity index is 282. The summed E-state index contributed by atoms with van der Waals surface area (Å²) in [4.78, 5) is 12.6. The second-order valence-electron chi connectivity index (χ2n) is 3.57. The zero-order chi connectivity index (χ0) is 10.6. The van der Waals surface area contributed by atoms with Gasteiger partial charge in [-0.2, -0.15) is 0 Å². The van der Waals surface area contributed by atoms with Gasteiger partial charge in [0.15, 0.2) is 0 Å². The van der Waals surface area contributed by atoms with Gasteiger partial charge in [0.25, 0.3) is 0 Å². The van der Waals surface area contributed by atoms with Crippen LogP contribution in [0.25, 0.3) is 0 Å². The molecule has 0 aliphatic heterocycles. The van der Waals surface area contributed by atoms with E-state index in [0.29, 0.717) is 6.54 Å². The summed E-state index contributed by atoms with van der Waals surface area (Å²) in [5.74, 6) is 0.103. The molecule has 1 atom stereocenters. The fourth-order valence-electron chi connectivity index (χ4n) is 1.01. The quantitative estimate of drug-likeness (QED) is 0.791. The largest absolute Gasteiger partial charge is 0.350 e. The summed E-state index contributed by atoms with van der Waals surface area (Å²) >= 11 is 1.63. The predicted molar refractivity (Wildman–Crippen MR) is 59.0 cm³/mol. The van der Waals surface area contributed by atoms with Crippen LogP contribution in [0.15, 0.2) is 17.5 Å². The molecule has 0 saturated heterocycles. The lowest BCUT2D eigenvalue weighted by Crippen LogP contribution is -2.43. The summed E-state index contributed by atoms with van der Waals surface area (Å²) in [7, 11) is 0. The van der Waals surface area contributed by atoms with Gasteiger partial charge >= 0.3 is 0 Å². The number of carbonyl (C=O) groups is 1. The summed E-state index contributed by atoms with van der Waals surface area (Å²) < 4.78 is 0. The third-order valence-corrected chi connectivity index (χ3v) is 2.91. The van der Waals surface area contributed by atoms with Crippen molar-refractivity contribution in [2.45, 2.75) is 26.4 Å². The van der Waals surface area contributed by atoms with Crippen LogP contribution < -0.4 is 11.1 Å². The first-order valence-corrected chi connectivity index (χ1v) is 5.55. The highest BCUT2D eigenvalue weighted by molar-refractivity contribution is 7.09. The van der Waals surface area contributed by atoms with Gasteiger partial charge in [-0.15, -0.1) is 11.3 Å². The number of rotatable bonds is 4. The molecule has 0 saturated carbocycles. The maximum absolute atomic E-state index is 11.4. The Morgan fingerprint density at radius 2 is 2.36 bits per heavy atom. The van der Waals surface area contributed by atoms with Gasteiger partial charge in [0.2, 0.25) is 5.91 Å². The normalized spacial score (nSPS) is 12.9.